The molecule has 0 spiro atoms. The highest BCUT2D eigenvalue weighted by Gasteiger charge is 2.17. The van der Waals surface area contributed by atoms with Gasteiger partial charge in [-0.05, 0) is 36.4 Å². The van der Waals surface area contributed by atoms with Crippen molar-refractivity contribution in [1.82, 2.24) is 10.3 Å². The van der Waals surface area contributed by atoms with Gasteiger partial charge in [0.1, 0.15) is 11.3 Å². The van der Waals surface area contributed by atoms with E-state index >= 15 is 0 Å². The van der Waals surface area contributed by atoms with E-state index in [1.54, 1.807) is 30.3 Å². The summed E-state index contributed by atoms with van der Waals surface area (Å²) in [6, 6.07) is 13.2. The number of para-hydroxylation sites is 1. The summed E-state index contributed by atoms with van der Waals surface area (Å²) in [6.07, 6.45) is 1.44. The normalized spacial score (nSPS) is 10.3. The molecule has 2 aromatic carbocycles. The third-order valence-electron chi connectivity index (χ3n) is 3.69. The third-order valence-corrected chi connectivity index (χ3v) is 3.69. The minimum absolute atomic E-state index is 0.0308. The first-order valence-corrected chi connectivity index (χ1v) is 8.35. The highest BCUT2D eigenvalue weighted by Crippen LogP contribution is 2.22. The van der Waals surface area contributed by atoms with Gasteiger partial charge in [-0.25, -0.2) is 18.2 Å². The lowest BCUT2D eigenvalue weighted by Crippen LogP contribution is -2.33. The number of benzene rings is 2. The Kier molecular flexibility index (Phi) is 6.08. The third kappa shape index (κ3) is 4.89. The molecule has 2 N–H and O–H groups in total. The van der Waals surface area contributed by atoms with Crippen molar-refractivity contribution in [2.45, 2.75) is 0 Å². The van der Waals surface area contributed by atoms with Crippen molar-refractivity contribution in [2.24, 2.45) is 0 Å². The SMILES string of the molecule is O=C(CNC(=O)c1cccnc1Oc1ccccc1)Nc1ccc(F)c(F)c1F. The van der Waals surface area contributed by atoms with Gasteiger partial charge >= 0.3 is 0 Å². The lowest BCUT2D eigenvalue weighted by atomic mass is 10.2. The number of nitrogens with one attached hydrogen (secondary N) is 2. The molecule has 6 nitrogen and oxygen atoms in total. The molecule has 1 aromatic heterocycles. The largest absolute Gasteiger partial charge is 0.438 e. The van der Waals surface area contributed by atoms with Gasteiger partial charge in [-0.15, -0.1) is 0 Å². The maximum Gasteiger partial charge on any atom is 0.257 e. The van der Waals surface area contributed by atoms with Crippen LogP contribution in [0.25, 0.3) is 0 Å². The number of pyridine rings is 1. The van der Waals surface area contributed by atoms with E-state index in [4.69, 9.17) is 4.74 Å². The molecule has 0 radical (unpaired) electrons. The van der Waals surface area contributed by atoms with E-state index in [9.17, 15) is 22.8 Å². The minimum Gasteiger partial charge on any atom is -0.438 e. The summed E-state index contributed by atoms with van der Waals surface area (Å²) in [5, 5.41) is 4.39. The summed E-state index contributed by atoms with van der Waals surface area (Å²) < 4.78 is 45.3. The number of hydrogen-bond acceptors (Lipinski definition) is 4. The van der Waals surface area contributed by atoms with Crippen LogP contribution in [0.3, 0.4) is 0 Å². The number of carbonyl (C=O) groups is 2. The molecule has 3 aromatic rings. The van der Waals surface area contributed by atoms with Crippen LogP contribution in [0, 0.1) is 17.5 Å². The Morgan fingerprint density at radius 3 is 2.45 bits per heavy atom. The van der Waals surface area contributed by atoms with E-state index in [1.165, 1.54) is 18.3 Å². The zero-order valence-corrected chi connectivity index (χ0v) is 14.8. The van der Waals surface area contributed by atoms with Crippen molar-refractivity contribution in [3.63, 3.8) is 0 Å². The Morgan fingerprint density at radius 2 is 1.69 bits per heavy atom. The molecule has 0 aliphatic carbocycles. The lowest BCUT2D eigenvalue weighted by molar-refractivity contribution is -0.115. The molecule has 0 unspecified atom stereocenters. The Balaban J connectivity index is 1.64. The van der Waals surface area contributed by atoms with Crippen LogP contribution in [-0.4, -0.2) is 23.3 Å². The van der Waals surface area contributed by atoms with Crippen LogP contribution >= 0.6 is 0 Å². The summed E-state index contributed by atoms with van der Waals surface area (Å²) >= 11 is 0. The second-order valence-corrected chi connectivity index (χ2v) is 5.72. The fourth-order valence-corrected chi connectivity index (χ4v) is 2.32. The second kappa shape index (κ2) is 8.87. The first kappa shape index (κ1) is 19.9. The Labute approximate surface area is 163 Å². The van der Waals surface area contributed by atoms with Crippen LogP contribution < -0.4 is 15.4 Å². The van der Waals surface area contributed by atoms with Crippen molar-refractivity contribution in [3.8, 4) is 11.6 Å². The van der Waals surface area contributed by atoms with Crippen LogP contribution in [0.1, 0.15) is 10.4 Å². The van der Waals surface area contributed by atoms with Crippen molar-refractivity contribution >= 4 is 17.5 Å². The van der Waals surface area contributed by atoms with Crippen molar-refractivity contribution in [3.05, 3.63) is 83.8 Å². The van der Waals surface area contributed by atoms with E-state index in [1.807, 2.05) is 0 Å². The number of halogens is 3. The topological polar surface area (TPSA) is 80.3 Å². The van der Waals surface area contributed by atoms with Crippen LogP contribution in [0.4, 0.5) is 18.9 Å². The van der Waals surface area contributed by atoms with E-state index in [-0.39, 0.29) is 11.4 Å². The number of nitrogens with zero attached hydrogens (tertiary/aromatic N) is 1. The summed E-state index contributed by atoms with van der Waals surface area (Å²) in [6.45, 7) is -0.545. The molecule has 0 atom stereocenters. The first-order chi connectivity index (χ1) is 14.0. The molecule has 0 bridgehead atoms. The predicted molar refractivity (Wildman–Crippen MR) is 98.0 cm³/mol. The summed E-state index contributed by atoms with van der Waals surface area (Å²) in [4.78, 5) is 28.3. The molecule has 148 valence electrons. The van der Waals surface area contributed by atoms with Crippen molar-refractivity contribution < 1.29 is 27.5 Å². The zero-order chi connectivity index (χ0) is 20.8. The first-order valence-electron chi connectivity index (χ1n) is 8.35. The molecule has 0 aliphatic heterocycles. The van der Waals surface area contributed by atoms with Gasteiger partial charge in [0.25, 0.3) is 5.91 Å². The maximum absolute atomic E-state index is 13.6. The van der Waals surface area contributed by atoms with Crippen LogP contribution in [0.2, 0.25) is 0 Å². The lowest BCUT2D eigenvalue weighted by Gasteiger charge is -2.11. The number of anilines is 1. The van der Waals surface area contributed by atoms with E-state index < -0.39 is 41.5 Å². The summed E-state index contributed by atoms with van der Waals surface area (Å²) in [5.41, 5.74) is -0.471. The number of ether oxygens (including phenoxy) is 1. The minimum atomic E-state index is -1.70. The molecular formula is C20H14F3N3O3. The molecular weight excluding hydrogens is 387 g/mol. The summed E-state index contributed by atoms with van der Waals surface area (Å²) in [5.74, 6) is -5.62. The van der Waals surface area contributed by atoms with Crippen LogP contribution in [0.15, 0.2) is 60.8 Å². The molecule has 0 fully saturated rings. The van der Waals surface area contributed by atoms with Crippen LogP contribution in [-0.2, 0) is 4.79 Å². The number of rotatable bonds is 6. The number of carbonyl (C=O) groups excluding carboxylic acids is 2. The average Bonchev–Trinajstić information content (AvgIpc) is 2.73. The average molecular weight is 401 g/mol. The van der Waals surface area contributed by atoms with Gasteiger partial charge in [0.05, 0.1) is 12.2 Å². The molecule has 9 heteroatoms. The zero-order valence-electron chi connectivity index (χ0n) is 14.8. The van der Waals surface area contributed by atoms with Crippen molar-refractivity contribution in [1.29, 1.82) is 0 Å². The molecule has 3 rings (SSSR count). The Hall–Kier alpha value is -3.88. The van der Waals surface area contributed by atoms with Crippen molar-refractivity contribution in [2.75, 3.05) is 11.9 Å². The smallest absolute Gasteiger partial charge is 0.257 e. The molecule has 29 heavy (non-hydrogen) atoms. The highest BCUT2D eigenvalue weighted by molar-refractivity contribution is 6.00. The fourth-order valence-electron chi connectivity index (χ4n) is 2.32. The van der Waals surface area contributed by atoms with Crippen LogP contribution in [0.5, 0.6) is 11.6 Å². The molecule has 0 saturated carbocycles. The Bertz CT molecular complexity index is 1050. The van der Waals surface area contributed by atoms with Gasteiger partial charge in [-0.1, -0.05) is 18.2 Å². The van der Waals surface area contributed by atoms with Gasteiger partial charge in [0.2, 0.25) is 11.8 Å². The number of amides is 2. The van der Waals surface area contributed by atoms with E-state index in [0.29, 0.717) is 11.8 Å². The number of aromatic nitrogens is 1. The Morgan fingerprint density at radius 1 is 0.931 bits per heavy atom. The highest BCUT2D eigenvalue weighted by atomic mass is 19.2. The molecule has 0 aliphatic rings. The maximum atomic E-state index is 13.6. The van der Waals surface area contributed by atoms with Gasteiger partial charge in [-0.2, -0.15) is 0 Å². The quantitative estimate of drug-likeness (QED) is 0.618. The monoisotopic (exact) mass is 401 g/mol. The van der Waals surface area contributed by atoms with Gasteiger partial charge in [-0.3, -0.25) is 9.59 Å². The molecule has 2 amide bonds. The van der Waals surface area contributed by atoms with Gasteiger partial charge in [0.15, 0.2) is 17.5 Å². The fraction of sp³-hybridized carbons (Fsp3) is 0.0500. The standard InChI is InChI=1S/C20H14F3N3O3/c21-14-8-9-15(18(23)17(14)22)26-16(27)11-25-19(28)13-7-4-10-24-20(13)29-12-5-2-1-3-6-12/h1-10H,11H2,(H,25,28)(H,26,27). The predicted octanol–water partition coefficient (Wildman–Crippen LogP) is 3.66. The van der Waals surface area contributed by atoms with Gasteiger partial charge in [0, 0.05) is 6.20 Å². The number of hydrogen-bond donors (Lipinski definition) is 2. The summed E-state index contributed by atoms with van der Waals surface area (Å²) in [7, 11) is 0. The molecule has 0 saturated heterocycles. The van der Waals surface area contributed by atoms with Gasteiger partial charge < -0.3 is 15.4 Å². The van der Waals surface area contributed by atoms with E-state index in [2.05, 4.69) is 15.6 Å². The van der Waals surface area contributed by atoms with E-state index in [0.717, 1.165) is 6.07 Å². The second-order valence-electron chi connectivity index (χ2n) is 5.72. The molecule has 1 heterocycles.